The summed E-state index contributed by atoms with van der Waals surface area (Å²) in [5.41, 5.74) is -2.63. The van der Waals surface area contributed by atoms with Gasteiger partial charge in [-0.05, 0) is 39.0 Å². The smallest absolute Gasteiger partial charge is 0.345 e. The third-order valence-electron chi connectivity index (χ3n) is 3.97. The Kier molecular flexibility index (Phi) is 4.54. The molecule has 0 radical (unpaired) electrons. The molecule has 0 bridgehead atoms. The largest absolute Gasteiger partial charge is 0.479 e. The monoisotopic (exact) mass is 349 g/mol. The number of aliphatic carboxylic acids is 1. The van der Waals surface area contributed by atoms with Gasteiger partial charge in [0.05, 0.1) is 5.69 Å². The number of methoxy groups -OCH3 is 1. The Labute approximate surface area is 143 Å². The predicted octanol–water partition coefficient (Wildman–Crippen LogP) is 0.950. The summed E-state index contributed by atoms with van der Waals surface area (Å²) < 4.78 is 4.78. The summed E-state index contributed by atoms with van der Waals surface area (Å²) in [5.74, 6) is -2.77. The Bertz CT molecular complexity index is 760. The van der Waals surface area contributed by atoms with E-state index in [1.165, 1.54) is 24.3 Å². The number of nitrogens with zero attached hydrogens (tertiary/aromatic N) is 1. The number of carboxylic acids is 1. The lowest BCUT2D eigenvalue weighted by Gasteiger charge is -2.22. The molecule has 9 heteroatoms. The van der Waals surface area contributed by atoms with E-state index in [9.17, 15) is 19.2 Å². The quantitative estimate of drug-likeness (QED) is 0.537. The molecule has 25 heavy (non-hydrogen) atoms. The highest BCUT2D eigenvalue weighted by atomic mass is 16.5. The molecule has 0 saturated carbocycles. The van der Waals surface area contributed by atoms with E-state index < -0.39 is 35.0 Å². The summed E-state index contributed by atoms with van der Waals surface area (Å²) in [6.07, 6.45) is 0. The molecule has 0 aliphatic carbocycles. The van der Waals surface area contributed by atoms with Gasteiger partial charge >= 0.3 is 12.0 Å². The number of urea groups is 1. The number of nitrogens with one attached hydrogen (secondary N) is 2. The van der Waals surface area contributed by atoms with Gasteiger partial charge in [0, 0.05) is 12.8 Å². The van der Waals surface area contributed by atoms with Crippen molar-refractivity contribution in [1.29, 1.82) is 0 Å². The Balaban J connectivity index is 2.29. The van der Waals surface area contributed by atoms with Crippen molar-refractivity contribution in [2.75, 3.05) is 17.3 Å². The molecule has 1 saturated heterocycles. The molecular weight excluding hydrogens is 330 g/mol. The molecule has 4 amide bonds. The van der Waals surface area contributed by atoms with Crippen molar-refractivity contribution in [1.82, 2.24) is 5.32 Å². The van der Waals surface area contributed by atoms with Gasteiger partial charge in [-0.15, -0.1) is 0 Å². The number of rotatable bonds is 5. The number of amides is 4. The van der Waals surface area contributed by atoms with Crippen LogP contribution in [0.2, 0.25) is 0 Å². The predicted molar refractivity (Wildman–Crippen MR) is 88.2 cm³/mol. The highest BCUT2D eigenvalue weighted by molar-refractivity contribution is 6.23. The first kappa shape index (κ1) is 18.4. The first-order valence-corrected chi connectivity index (χ1v) is 7.39. The zero-order chi connectivity index (χ0) is 19.0. The van der Waals surface area contributed by atoms with E-state index in [4.69, 9.17) is 9.84 Å². The molecule has 3 N–H and O–H groups in total. The van der Waals surface area contributed by atoms with Crippen LogP contribution in [0, 0.1) is 0 Å². The molecule has 134 valence electrons. The Morgan fingerprint density at radius 3 is 2.44 bits per heavy atom. The van der Waals surface area contributed by atoms with Crippen LogP contribution in [0.25, 0.3) is 0 Å². The van der Waals surface area contributed by atoms with E-state index in [2.05, 4.69) is 10.6 Å². The fraction of sp³-hybridized carbons (Fsp3) is 0.375. The first-order chi connectivity index (χ1) is 11.5. The maximum Gasteiger partial charge on any atom is 0.345 e. The number of anilines is 2. The number of hydrogen-bond acceptors (Lipinski definition) is 5. The first-order valence-electron chi connectivity index (χ1n) is 7.39. The summed E-state index contributed by atoms with van der Waals surface area (Å²) in [5, 5.41) is 14.1. The molecule has 2 rings (SSSR count). The highest BCUT2D eigenvalue weighted by Crippen LogP contribution is 2.27. The molecule has 1 heterocycles. The van der Waals surface area contributed by atoms with Crippen molar-refractivity contribution in [3.63, 3.8) is 0 Å². The lowest BCUT2D eigenvalue weighted by Crippen LogP contribution is -2.48. The number of benzene rings is 1. The Morgan fingerprint density at radius 1 is 1.32 bits per heavy atom. The van der Waals surface area contributed by atoms with Crippen LogP contribution in [-0.4, -0.2) is 47.2 Å². The Hall–Kier alpha value is -2.94. The van der Waals surface area contributed by atoms with E-state index in [-0.39, 0.29) is 11.4 Å². The molecule has 1 aliphatic rings. The maximum atomic E-state index is 12.3. The van der Waals surface area contributed by atoms with Gasteiger partial charge < -0.3 is 20.5 Å². The fourth-order valence-corrected chi connectivity index (χ4v) is 2.23. The van der Waals surface area contributed by atoms with Gasteiger partial charge in [0.1, 0.15) is 5.54 Å². The molecule has 1 fully saturated rings. The second-order valence-corrected chi connectivity index (χ2v) is 6.24. The average Bonchev–Trinajstić information content (AvgIpc) is 2.74. The molecule has 1 aliphatic heterocycles. The minimum absolute atomic E-state index is 0.220. The minimum Gasteiger partial charge on any atom is -0.479 e. The second kappa shape index (κ2) is 6.17. The van der Waals surface area contributed by atoms with E-state index >= 15 is 0 Å². The van der Waals surface area contributed by atoms with Crippen LogP contribution in [0.5, 0.6) is 0 Å². The number of carboxylic acid groups (broad SMARTS) is 1. The minimum atomic E-state index is -2.07. The van der Waals surface area contributed by atoms with Crippen LogP contribution in [0.1, 0.15) is 20.8 Å². The highest BCUT2D eigenvalue weighted by Gasteiger charge is 2.45. The number of imide groups is 1. The summed E-state index contributed by atoms with van der Waals surface area (Å²) in [6.45, 7) is 4.28. The second-order valence-electron chi connectivity index (χ2n) is 6.24. The summed E-state index contributed by atoms with van der Waals surface area (Å²) >= 11 is 0. The van der Waals surface area contributed by atoms with E-state index in [0.29, 0.717) is 0 Å². The average molecular weight is 349 g/mol. The van der Waals surface area contributed by atoms with Gasteiger partial charge in [-0.1, -0.05) is 6.07 Å². The van der Waals surface area contributed by atoms with Crippen LogP contribution in [0.3, 0.4) is 0 Å². The van der Waals surface area contributed by atoms with Crippen molar-refractivity contribution in [2.24, 2.45) is 0 Å². The molecular formula is C16H19N3O6. The zero-order valence-corrected chi connectivity index (χ0v) is 14.2. The third-order valence-corrected chi connectivity index (χ3v) is 3.97. The number of carbonyl (C=O) groups is 4. The standard InChI is InChI=1S/C16H19N3O6/c1-15(2)12(21)19(14(24)18-15)10-7-5-6-9(8-10)17-11(20)16(3,25-4)13(22)23/h5-8H,1-4H3,(H,17,20)(H,18,24)(H,22,23). The summed E-state index contributed by atoms with van der Waals surface area (Å²) in [4.78, 5) is 48.7. The van der Waals surface area contributed by atoms with Crippen molar-refractivity contribution < 1.29 is 29.0 Å². The molecule has 0 spiro atoms. The molecule has 9 nitrogen and oxygen atoms in total. The topological polar surface area (TPSA) is 125 Å². The molecule has 1 aromatic carbocycles. The normalized spacial score (nSPS) is 18.5. The van der Waals surface area contributed by atoms with Gasteiger partial charge in [0.25, 0.3) is 11.8 Å². The van der Waals surface area contributed by atoms with Crippen LogP contribution in [0.15, 0.2) is 24.3 Å². The van der Waals surface area contributed by atoms with Crippen LogP contribution < -0.4 is 15.5 Å². The van der Waals surface area contributed by atoms with Crippen molar-refractivity contribution in [3.8, 4) is 0 Å². The van der Waals surface area contributed by atoms with Crippen LogP contribution in [0.4, 0.5) is 16.2 Å². The number of carbonyl (C=O) groups excluding carboxylic acids is 3. The summed E-state index contributed by atoms with van der Waals surface area (Å²) in [6, 6.07) is 5.38. The van der Waals surface area contributed by atoms with Gasteiger partial charge in [-0.2, -0.15) is 0 Å². The van der Waals surface area contributed by atoms with Gasteiger partial charge in [-0.3, -0.25) is 9.59 Å². The molecule has 1 unspecified atom stereocenters. The fourth-order valence-electron chi connectivity index (χ4n) is 2.23. The van der Waals surface area contributed by atoms with Crippen LogP contribution >= 0.6 is 0 Å². The Morgan fingerprint density at radius 2 is 1.96 bits per heavy atom. The number of hydrogen-bond donors (Lipinski definition) is 3. The van der Waals surface area contributed by atoms with Crippen molar-refractivity contribution in [3.05, 3.63) is 24.3 Å². The van der Waals surface area contributed by atoms with E-state index in [0.717, 1.165) is 18.9 Å². The molecule has 0 aromatic heterocycles. The van der Waals surface area contributed by atoms with E-state index in [1.807, 2.05) is 0 Å². The van der Waals surface area contributed by atoms with Gasteiger partial charge in [-0.25, -0.2) is 14.5 Å². The van der Waals surface area contributed by atoms with Gasteiger partial charge in [0.15, 0.2) is 0 Å². The lowest BCUT2D eigenvalue weighted by molar-refractivity contribution is -0.165. The van der Waals surface area contributed by atoms with E-state index in [1.54, 1.807) is 13.8 Å². The summed E-state index contributed by atoms with van der Waals surface area (Å²) in [7, 11) is 1.11. The number of ether oxygens (including phenoxy) is 1. The lowest BCUT2D eigenvalue weighted by atomic mass is 10.1. The van der Waals surface area contributed by atoms with Crippen molar-refractivity contribution in [2.45, 2.75) is 31.9 Å². The van der Waals surface area contributed by atoms with Crippen molar-refractivity contribution >= 4 is 35.2 Å². The third kappa shape index (κ3) is 3.18. The SMILES string of the molecule is COC(C)(C(=O)O)C(=O)Nc1cccc(N2C(=O)NC(C)(C)C2=O)c1. The van der Waals surface area contributed by atoms with Gasteiger partial charge in [0.2, 0.25) is 5.60 Å². The van der Waals surface area contributed by atoms with Crippen LogP contribution in [-0.2, 0) is 19.1 Å². The molecule has 1 aromatic rings. The molecule has 1 atom stereocenters. The zero-order valence-electron chi connectivity index (χ0n) is 14.2. The maximum absolute atomic E-state index is 12.3.